The molecule has 4 aliphatic heterocycles. The number of carbonyl (C=O) groups excluding carboxylic acids is 8. The largest absolute Gasteiger partial charge is 0.269 e. The molecule has 0 radical (unpaired) electrons. The minimum atomic E-state index is -0.733. The zero-order chi connectivity index (χ0) is 32.3. The predicted molar refractivity (Wildman–Crippen MR) is 162 cm³/mol. The predicted octanol–water partition coefficient (Wildman–Crippen LogP) is 2.13. The second kappa shape index (κ2) is 10.4. The van der Waals surface area contributed by atoms with Crippen LogP contribution >= 0.6 is 0 Å². The van der Waals surface area contributed by atoms with Crippen molar-refractivity contribution < 1.29 is 38.4 Å². The van der Waals surface area contributed by atoms with Gasteiger partial charge in [-0.25, -0.2) is 19.6 Å². The summed E-state index contributed by atoms with van der Waals surface area (Å²) in [6.07, 6.45) is 9.86. The van der Waals surface area contributed by atoms with E-state index in [0.717, 1.165) is 68.2 Å². The van der Waals surface area contributed by atoms with Crippen molar-refractivity contribution in [2.75, 3.05) is 19.6 Å². The van der Waals surface area contributed by atoms with Crippen molar-refractivity contribution in [2.24, 2.45) is 0 Å². The molecule has 222 valence electrons. The number of pyridine rings is 1. The minimum absolute atomic E-state index is 0.0555. The average Bonchev–Trinajstić information content (AvgIpc) is 3.77. The van der Waals surface area contributed by atoms with Crippen LogP contribution < -0.4 is 19.6 Å². The number of nitrogens with zero attached hydrogens (tertiary/aromatic N) is 5. The first-order chi connectivity index (χ1) is 22.2. The Kier molecular flexibility index (Phi) is 6.30. The van der Waals surface area contributed by atoms with E-state index < -0.39 is 47.3 Å². The lowest BCUT2D eigenvalue weighted by Crippen LogP contribution is -2.36. The summed E-state index contributed by atoms with van der Waals surface area (Å²) in [5.74, 6) is -5.69. The molecule has 1 aromatic heterocycles. The molecule has 2 aromatic carbocycles. The highest BCUT2D eigenvalue weighted by Gasteiger charge is 2.38. The molecule has 0 saturated carbocycles. The highest BCUT2D eigenvalue weighted by Crippen LogP contribution is 2.47. The Balaban J connectivity index is 1.51. The van der Waals surface area contributed by atoms with Gasteiger partial charge in [0.2, 0.25) is 0 Å². The van der Waals surface area contributed by atoms with Crippen LogP contribution in [0, 0.1) is 0 Å². The van der Waals surface area contributed by atoms with Gasteiger partial charge in [-0.1, -0.05) is 30.3 Å². The van der Waals surface area contributed by atoms with Crippen molar-refractivity contribution in [3.8, 4) is 22.4 Å². The Morgan fingerprint density at radius 1 is 0.370 bits per heavy atom. The summed E-state index contributed by atoms with van der Waals surface area (Å²) in [7, 11) is 0. The second-order valence-electron chi connectivity index (χ2n) is 10.1. The van der Waals surface area contributed by atoms with Gasteiger partial charge in [0.1, 0.15) is 0 Å². The summed E-state index contributed by atoms with van der Waals surface area (Å²) in [5.41, 5.74) is 0.348. The molecule has 13 nitrogen and oxygen atoms in total. The molecular formula is C33H17N5O8. The molecule has 3 aromatic rings. The van der Waals surface area contributed by atoms with E-state index in [1.807, 2.05) is 0 Å². The van der Waals surface area contributed by atoms with Crippen LogP contribution in [0.3, 0.4) is 0 Å². The third-order valence-electron chi connectivity index (χ3n) is 7.55. The van der Waals surface area contributed by atoms with Gasteiger partial charge in [0.25, 0.3) is 47.3 Å². The zero-order valence-corrected chi connectivity index (χ0v) is 23.3. The average molecular weight is 612 g/mol. The van der Waals surface area contributed by atoms with Crippen molar-refractivity contribution in [3.63, 3.8) is 0 Å². The van der Waals surface area contributed by atoms with E-state index in [1.165, 1.54) is 36.5 Å². The number of hydrogen-bond donors (Lipinski definition) is 0. The van der Waals surface area contributed by atoms with Crippen molar-refractivity contribution in [2.45, 2.75) is 0 Å². The van der Waals surface area contributed by atoms with E-state index in [4.69, 9.17) is 0 Å². The topological polar surface area (TPSA) is 162 Å². The molecule has 5 heterocycles. The Hall–Kier alpha value is -6.89. The van der Waals surface area contributed by atoms with Crippen LogP contribution in [-0.2, 0) is 38.4 Å². The van der Waals surface area contributed by atoms with E-state index in [2.05, 4.69) is 4.98 Å². The summed E-state index contributed by atoms with van der Waals surface area (Å²) in [4.78, 5) is 111. The molecule has 0 fully saturated rings. The van der Waals surface area contributed by atoms with Crippen molar-refractivity contribution in [1.29, 1.82) is 0 Å². The van der Waals surface area contributed by atoms with Crippen LogP contribution in [0.1, 0.15) is 0 Å². The maximum Gasteiger partial charge on any atom is 0.258 e. The van der Waals surface area contributed by atoms with Gasteiger partial charge < -0.3 is 0 Å². The number of amides is 8. The lowest BCUT2D eigenvalue weighted by Gasteiger charge is -2.28. The maximum atomic E-state index is 13.0. The molecule has 0 N–H and O–H groups in total. The fourth-order valence-corrected chi connectivity index (χ4v) is 5.66. The smallest absolute Gasteiger partial charge is 0.258 e. The van der Waals surface area contributed by atoms with Gasteiger partial charge in [-0.15, -0.1) is 0 Å². The monoisotopic (exact) mass is 611 g/mol. The number of aromatic nitrogens is 1. The molecule has 0 atom stereocenters. The van der Waals surface area contributed by atoms with Gasteiger partial charge in [-0.05, 0) is 18.2 Å². The summed E-state index contributed by atoms with van der Waals surface area (Å²) < 4.78 is 0. The van der Waals surface area contributed by atoms with Crippen molar-refractivity contribution >= 4 is 70.0 Å². The zero-order valence-electron chi connectivity index (χ0n) is 23.3. The maximum absolute atomic E-state index is 13.0. The van der Waals surface area contributed by atoms with E-state index in [1.54, 1.807) is 18.2 Å². The van der Waals surface area contributed by atoms with Gasteiger partial charge in [-0.3, -0.25) is 43.3 Å². The van der Waals surface area contributed by atoms with Gasteiger partial charge in [0.05, 0.1) is 28.4 Å². The molecule has 7 rings (SSSR count). The van der Waals surface area contributed by atoms with Crippen molar-refractivity contribution in [3.05, 3.63) is 103 Å². The quantitative estimate of drug-likeness (QED) is 0.380. The normalized spacial score (nSPS) is 17.4. The minimum Gasteiger partial charge on any atom is -0.269 e. The Morgan fingerprint density at radius 2 is 0.717 bits per heavy atom. The number of benzene rings is 2. The third kappa shape index (κ3) is 4.14. The summed E-state index contributed by atoms with van der Waals surface area (Å²) >= 11 is 0. The van der Waals surface area contributed by atoms with Gasteiger partial charge in [-0.2, -0.15) is 0 Å². The summed E-state index contributed by atoms with van der Waals surface area (Å²) in [6.45, 7) is 0. The van der Waals surface area contributed by atoms with Crippen LogP contribution in [0.15, 0.2) is 103 Å². The van der Waals surface area contributed by atoms with E-state index in [9.17, 15) is 38.4 Å². The molecule has 4 aliphatic rings. The lowest BCUT2D eigenvalue weighted by atomic mass is 9.94. The molecule has 0 unspecified atom stereocenters. The van der Waals surface area contributed by atoms with E-state index in [-0.39, 0.29) is 45.1 Å². The molecule has 46 heavy (non-hydrogen) atoms. The van der Waals surface area contributed by atoms with Gasteiger partial charge in [0.15, 0.2) is 0 Å². The SMILES string of the molecule is O=C1C=CC(=O)N1c1cccc(-c2cccnc2-c2cccc(N3C(=O)C=CC3=O)c2N2C(=O)C=CC2=O)c1N1C(=O)C=CC1=O. The fraction of sp³-hybridized carbons (Fsp3) is 0. The summed E-state index contributed by atoms with van der Waals surface area (Å²) in [6, 6.07) is 12.1. The highest BCUT2D eigenvalue weighted by molar-refractivity contribution is 6.36. The number of hydrogen-bond acceptors (Lipinski definition) is 9. The van der Waals surface area contributed by atoms with Crippen LogP contribution in [0.25, 0.3) is 22.4 Å². The highest BCUT2D eigenvalue weighted by atomic mass is 16.2. The van der Waals surface area contributed by atoms with Crippen LogP contribution in [0.2, 0.25) is 0 Å². The first-order valence-corrected chi connectivity index (χ1v) is 13.6. The van der Waals surface area contributed by atoms with Crippen molar-refractivity contribution in [1.82, 2.24) is 4.98 Å². The number of imide groups is 4. The molecule has 8 amide bonds. The third-order valence-corrected chi connectivity index (χ3v) is 7.55. The second-order valence-corrected chi connectivity index (χ2v) is 10.1. The fourth-order valence-electron chi connectivity index (χ4n) is 5.66. The lowest BCUT2D eigenvalue weighted by molar-refractivity contribution is -0.122. The van der Waals surface area contributed by atoms with Crippen LogP contribution in [0.4, 0.5) is 22.7 Å². The number of para-hydroxylation sites is 2. The van der Waals surface area contributed by atoms with E-state index in [0.29, 0.717) is 0 Å². The Bertz CT molecular complexity index is 1920. The number of rotatable bonds is 6. The van der Waals surface area contributed by atoms with Crippen LogP contribution in [0.5, 0.6) is 0 Å². The number of anilines is 4. The molecule has 0 bridgehead atoms. The van der Waals surface area contributed by atoms with Gasteiger partial charge >= 0.3 is 0 Å². The van der Waals surface area contributed by atoms with E-state index >= 15 is 0 Å². The molecule has 0 aliphatic carbocycles. The first-order valence-electron chi connectivity index (χ1n) is 13.6. The molecular weight excluding hydrogens is 594 g/mol. The van der Waals surface area contributed by atoms with Gasteiger partial charge in [0, 0.05) is 71.5 Å². The molecule has 0 saturated heterocycles. The molecule has 0 spiro atoms. The van der Waals surface area contributed by atoms with Crippen LogP contribution in [-0.4, -0.2) is 52.2 Å². The number of carbonyl (C=O) groups is 8. The Morgan fingerprint density at radius 3 is 1.15 bits per heavy atom. The summed E-state index contributed by atoms with van der Waals surface area (Å²) in [5, 5.41) is 0. The Labute approximate surface area is 258 Å². The molecule has 13 heteroatoms. The first kappa shape index (κ1) is 27.9. The standard InChI is InChI=1S/C33H17N5O8/c39-23-9-10-24(40)35(23)21-7-1-4-19(32(21)37-27(43)13-14-28(37)44)18-6-3-17-34-31(18)20-5-2-8-22(36-25(41)11-12-26(36)42)33(20)38-29(45)15-16-30(38)46/h1-17H.